The highest BCUT2D eigenvalue weighted by atomic mass is 32.2. The topological polar surface area (TPSA) is 72.0 Å². The van der Waals surface area contributed by atoms with Crippen molar-refractivity contribution in [2.75, 3.05) is 13.1 Å². The van der Waals surface area contributed by atoms with Crippen LogP contribution in [0.1, 0.15) is 18.5 Å². The summed E-state index contributed by atoms with van der Waals surface area (Å²) < 4.78 is 24.3. The molecule has 1 aromatic rings. The Hall–Kier alpha value is -1.01. The molecule has 1 atom stereocenters. The lowest BCUT2D eigenvalue weighted by Crippen LogP contribution is -2.39. The number of sulfone groups is 1. The smallest absolute Gasteiger partial charge is 0.247 e. The third kappa shape index (κ3) is 2.22. The lowest BCUT2D eigenvalue weighted by atomic mass is 10.2. The number of aromatic nitrogens is 2. The number of aryl methyl sites for hydroxylation is 1. The molecule has 16 heavy (non-hydrogen) atoms. The summed E-state index contributed by atoms with van der Waals surface area (Å²) in [6.07, 6.45) is 3.06. The minimum atomic E-state index is -3.37. The molecule has 2 heterocycles. The van der Waals surface area contributed by atoms with Crippen LogP contribution in [0.4, 0.5) is 0 Å². The van der Waals surface area contributed by atoms with Gasteiger partial charge in [-0.15, -0.1) is 0 Å². The summed E-state index contributed by atoms with van der Waals surface area (Å²) in [6, 6.07) is 1.69. The Morgan fingerprint density at radius 3 is 2.94 bits per heavy atom. The number of hydrogen-bond acceptors (Lipinski definition) is 5. The Morgan fingerprint density at radius 1 is 1.50 bits per heavy atom. The summed E-state index contributed by atoms with van der Waals surface area (Å²) >= 11 is 0. The molecular formula is C10H15N3O2S. The van der Waals surface area contributed by atoms with Crippen LogP contribution in [0.15, 0.2) is 17.4 Å². The molecule has 1 fully saturated rings. The van der Waals surface area contributed by atoms with Crippen molar-refractivity contribution in [1.29, 1.82) is 0 Å². The van der Waals surface area contributed by atoms with E-state index in [4.69, 9.17) is 0 Å². The van der Waals surface area contributed by atoms with Gasteiger partial charge in [-0.25, -0.2) is 18.4 Å². The predicted octanol–water partition coefficient (Wildman–Crippen LogP) is 0.311. The fourth-order valence-corrected chi connectivity index (χ4v) is 3.39. The first-order chi connectivity index (χ1) is 7.60. The third-order valence-corrected chi connectivity index (χ3v) is 4.70. The van der Waals surface area contributed by atoms with Gasteiger partial charge in [-0.05, 0) is 32.4 Å². The van der Waals surface area contributed by atoms with Crippen LogP contribution in [-0.4, -0.2) is 36.7 Å². The van der Waals surface area contributed by atoms with Crippen LogP contribution in [0.25, 0.3) is 0 Å². The van der Waals surface area contributed by atoms with Crippen molar-refractivity contribution in [2.45, 2.75) is 30.2 Å². The standard InChI is InChI=1S/C10H15N3O2S/c1-8-4-6-12-10(13-8)16(14,15)9-3-2-5-11-7-9/h4,6,9,11H,2-3,5,7H2,1H3/t9-/m0/s1. The maximum Gasteiger partial charge on any atom is 0.247 e. The Morgan fingerprint density at radius 2 is 2.31 bits per heavy atom. The second-order valence-electron chi connectivity index (χ2n) is 3.99. The van der Waals surface area contributed by atoms with Gasteiger partial charge in [0, 0.05) is 18.4 Å². The minimum Gasteiger partial charge on any atom is -0.315 e. The van der Waals surface area contributed by atoms with Gasteiger partial charge in [-0.3, -0.25) is 0 Å². The number of nitrogens with one attached hydrogen (secondary N) is 1. The van der Waals surface area contributed by atoms with E-state index in [2.05, 4.69) is 15.3 Å². The highest BCUT2D eigenvalue weighted by molar-refractivity contribution is 7.91. The number of rotatable bonds is 2. The van der Waals surface area contributed by atoms with Crippen LogP contribution in [0.3, 0.4) is 0 Å². The molecule has 0 spiro atoms. The molecule has 1 aromatic heterocycles. The van der Waals surface area contributed by atoms with Crippen molar-refractivity contribution in [1.82, 2.24) is 15.3 Å². The van der Waals surface area contributed by atoms with Crippen molar-refractivity contribution in [3.63, 3.8) is 0 Å². The summed E-state index contributed by atoms with van der Waals surface area (Å²) in [5.41, 5.74) is 0.678. The van der Waals surface area contributed by atoms with E-state index in [1.54, 1.807) is 13.0 Å². The summed E-state index contributed by atoms with van der Waals surface area (Å²) in [6.45, 7) is 3.15. The van der Waals surface area contributed by atoms with Crippen LogP contribution < -0.4 is 5.32 Å². The Bertz CT molecular complexity index is 467. The minimum absolute atomic E-state index is 0.0406. The number of hydrogen-bond donors (Lipinski definition) is 1. The molecule has 2 rings (SSSR count). The van der Waals surface area contributed by atoms with Crippen molar-refractivity contribution >= 4 is 9.84 Å². The second-order valence-corrected chi connectivity index (χ2v) is 6.12. The van der Waals surface area contributed by atoms with Crippen LogP contribution >= 0.6 is 0 Å². The average Bonchev–Trinajstić information content (AvgIpc) is 2.30. The van der Waals surface area contributed by atoms with Gasteiger partial charge in [0.1, 0.15) is 0 Å². The van der Waals surface area contributed by atoms with Crippen LogP contribution in [-0.2, 0) is 9.84 Å². The van der Waals surface area contributed by atoms with E-state index < -0.39 is 9.84 Å². The van der Waals surface area contributed by atoms with Gasteiger partial charge in [-0.2, -0.15) is 0 Å². The van der Waals surface area contributed by atoms with Crippen molar-refractivity contribution in [3.8, 4) is 0 Å². The summed E-state index contributed by atoms with van der Waals surface area (Å²) in [4.78, 5) is 7.85. The molecule has 1 saturated heterocycles. The van der Waals surface area contributed by atoms with Gasteiger partial charge >= 0.3 is 0 Å². The molecule has 1 N–H and O–H groups in total. The molecule has 5 nitrogen and oxygen atoms in total. The average molecular weight is 241 g/mol. The molecule has 1 aliphatic rings. The van der Waals surface area contributed by atoms with Crippen molar-refractivity contribution < 1.29 is 8.42 Å². The van der Waals surface area contributed by atoms with Gasteiger partial charge in [0.05, 0.1) is 5.25 Å². The first-order valence-corrected chi connectivity index (χ1v) is 6.89. The zero-order valence-corrected chi connectivity index (χ0v) is 10.00. The highest BCUT2D eigenvalue weighted by Gasteiger charge is 2.31. The third-order valence-electron chi connectivity index (χ3n) is 2.72. The van der Waals surface area contributed by atoms with Crippen LogP contribution in [0, 0.1) is 6.92 Å². The van der Waals surface area contributed by atoms with E-state index >= 15 is 0 Å². The maximum atomic E-state index is 12.2. The molecular weight excluding hydrogens is 226 g/mol. The van der Waals surface area contributed by atoms with Gasteiger partial charge in [0.15, 0.2) is 0 Å². The molecule has 1 aliphatic heterocycles. The van der Waals surface area contributed by atoms with Gasteiger partial charge < -0.3 is 5.32 Å². The second kappa shape index (κ2) is 4.47. The van der Waals surface area contributed by atoms with Crippen LogP contribution in [0.2, 0.25) is 0 Å². The van der Waals surface area contributed by atoms with Crippen molar-refractivity contribution in [2.24, 2.45) is 0 Å². The fourth-order valence-electron chi connectivity index (χ4n) is 1.80. The van der Waals surface area contributed by atoms with Gasteiger partial charge in [0.25, 0.3) is 0 Å². The molecule has 6 heteroatoms. The molecule has 0 unspecified atom stereocenters. The zero-order chi connectivity index (χ0) is 11.6. The van der Waals surface area contributed by atoms with Crippen LogP contribution in [0.5, 0.6) is 0 Å². The molecule has 0 radical (unpaired) electrons. The Labute approximate surface area is 95.2 Å². The summed E-state index contributed by atoms with van der Waals surface area (Å²) in [5.74, 6) is 0. The SMILES string of the molecule is Cc1ccnc(S(=O)(=O)[C@H]2CCCNC2)n1. The van der Waals surface area contributed by atoms with E-state index in [1.807, 2.05) is 0 Å². The number of piperidine rings is 1. The zero-order valence-electron chi connectivity index (χ0n) is 9.18. The summed E-state index contributed by atoms with van der Waals surface area (Å²) in [7, 11) is -3.37. The molecule has 0 amide bonds. The monoisotopic (exact) mass is 241 g/mol. The molecule has 0 bridgehead atoms. The Balaban J connectivity index is 2.30. The van der Waals surface area contributed by atoms with Gasteiger partial charge in [-0.1, -0.05) is 0 Å². The van der Waals surface area contributed by atoms with E-state index in [1.165, 1.54) is 6.20 Å². The normalized spacial score (nSPS) is 21.9. The fraction of sp³-hybridized carbons (Fsp3) is 0.600. The molecule has 0 aliphatic carbocycles. The van der Waals surface area contributed by atoms with Crippen molar-refractivity contribution in [3.05, 3.63) is 18.0 Å². The lowest BCUT2D eigenvalue weighted by molar-refractivity contribution is 0.493. The van der Waals surface area contributed by atoms with E-state index in [0.29, 0.717) is 18.7 Å². The maximum absolute atomic E-state index is 12.2. The van der Waals surface area contributed by atoms with E-state index in [9.17, 15) is 8.42 Å². The quantitative estimate of drug-likeness (QED) is 0.754. The predicted molar refractivity (Wildman–Crippen MR) is 59.8 cm³/mol. The summed E-state index contributed by atoms with van der Waals surface area (Å²) in [5, 5.41) is 2.66. The first kappa shape index (κ1) is 11.5. The number of nitrogens with zero attached hydrogens (tertiary/aromatic N) is 2. The molecule has 0 saturated carbocycles. The highest BCUT2D eigenvalue weighted by Crippen LogP contribution is 2.17. The van der Waals surface area contributed by atoms with E-state index in [0.717, 1.165) is 13.0 Å². The first-order valence-electron chi connectivity index (χ1n) is 5.35. The molecule has 88 valence electrons. The lowest BCUT2D eigenvalue weighted by Gasteiger charge is -2.21. The Kier molecular flexibility index (Phi) is 3.20. The molecule has 0 aromatic carbocycles. The van der Waals surface area contributed by atoms with Gasteiger partial charge in [0.2, 0.25) is 15.0 Å². The largest absolute Gasteiger partial charge is 0.315 e. The van der Waals surface area contributed by atoms with E-state index in [-0.39, 0.29) is 10.4 Å².